The zero-order valence-corrected chi connectivity index (χ0v) is 15.8. The SMILES string of the molecule is CCCCCCCCCCCCC(OP(=O)(O)O)c1ccccc1. The Balaban J connectivity index is 2.20. The summed E-state index contributed by atoms with van der Waals surface area (Å²) < 4.78 is 16.1. The van der Waals surface area contributed by atoms with Gasteiger partial charge in [0.25, 0.3) is 0 Å². The molecule has 0 aliphatic rings. The molecule has 1 unspecified atom stereocenters. The molecule has 0 aliphatic heterocycles. The summed E-state index contributed by atoms with van der Waals surface area (Å²) in [6.07, 6.45) is 12.5. The molecule has 0 aromatic heterocycles. The summed E-state index contributed by atoms with van der Waals surface area (Å²) in [4.78, 5) is 18.2. The second-order valence-electron chi connectivity index (χ2n) is 6.47. The monoisotopic (exact) mass is 356 g/mol. The lowest BCUT2D eigenvalue weighted by atomic mass is 10.0. The Morgan fingerprint density at radius 2 is 1.38 bits per heavy atom. The van der Waals surface area contributed by atoms with Crippen LogP contribution in [0, 0.1) is 0 Å². The van der Waals surface area contributed by atoms with Crippen LogP contribution in [-0.2, 0) is 9.09 Å². The van der Waals surface area contributed by atoms with Crippen molar-refractivity contribution in [1.82, 2.24) is 0 Å². The van der Waals surface area contributed by atoms with Gasteiger partial charge in [-0.15, -0.1) is 0 Å². The average Bonchev–Trinajstić information content (AvgIpc) is 2.55. The predicted molar refractivity (Wildman–Crippen MR) is 98.8 cm³/mol. The molecule has 4 nitrogen and oxygen atoms in total. The van der Waals surface area contributed by atoms with Gasteiger partial charge in [-0.25, -0.2) is 4.57 Å². The van der Waals surface area contributed by atoms with Crippen LogP contribution in [0.15, 0.2) is 30.3 Å². The van der Waals surface area contributed by atoms with Crippen LogP contribution in [0.1, 0.15) is 89.2 Å². The summed E-state index contributed by atoms with van der Waals surface area (Å²) in [6.45, 7) is 2.24. The predicted octanol–water partition coefficient (Wildman–Crippen LogP) is 6.15. The van der Waals surface area contributed by atoms with Crippen LogP contribution in [0.2, 0.25) is 0 Å². The van der Waals surface area contributed by atoms with E-state index >= 15 is 0 Å². The summed E-state index contributed by atoms with van der Waals surface area (Å²) in [6, 6.07) is 9.33. The van der Waals surface area contributed by atoms with Crippen LogP contribution >= 0.6 is 7.82 Å². The molecule has 1 aromatic carbocycles. The Kier molecular flexibility index (Phi) is 11.3. The third-order valence-electron chi connectivity index (χ3n) is 4.26. The summed E-state index contributed by atoms with van der Waals surface area (Å²) in [5.74, 6) is 0. The summed E-state index contributed by atoms with van der Waals surface area (Å²) >= 11 is 0. The maximum absolute atomic E-state index is 11.2. The normalized spacial score (nSPS) is 13.1. The molecule has 0 bridgehead atoms. The van der Waals surface area contributed by atoms with Gasteiger partial charge >= 0.3 is 7.82 Å². The van der Waals surface area contributed by atoms with Crippen LogP contribution in [0.4, 0.5) is 0 Å². The number of phosphoric acid groups is 1. The van der Waals surface area contributed by atoms with E-state index in [1.54, 1.807) is 0 Å². The molecule has 0 saturated carbocycles. The summed E-state index contributed by atoms with van der Waals surface area (Å²) in [5.41, 5.74) is 0.830. The van der Waals surface area contributed by atoms with E-state index in [2.05, 4.69) is 6.92 Å². The highest BCUT2D eigenvalue weighted by atomic mass is 31.2. The van der Waals surface area contributed by atoms with Crippen molar-refractivity contribution in [2.75, 3.05) is 0 Å². The first-order chi connectivity index (χ1) is 11.5. The van der Waals surface area contributed by atoms with Gasteiger partial charge < -0.3 is 9.79 Å². The van der Waals surface area contributed by atoms with Crippen molar-refractivity contribution in [3.8, 4) is 0 Å². The molecule has 0 amide bonds. The summed E-state index contributed by atoms with van der Waals surface area (Å²) in [7, 11) is -4.47. The van der Waals surface area contributed by atoms with E-state index in [1.807, 2.05) is 30.3 Å². The molecule has 5 heteroatoms. The van der Waals surface area contributed by atoms with Gasteiger partial charge in [-0.1, -0.05) is 101 Å². The number of phosphoric ester groups is 1. The van der Waals surface area contributed by atoms with Gasteiger partial charge in [0.1, 0.15) is 0 Å². The second-order valence-corrected chi connectivity index (χ2v) is 7.66. The minimum Gasteiger partial charge on any atom is -0.303 e. The van der Waals surface area contributed by atoms with E-state index in [0.717, 1.165) is 18.4 Å². The smallest absolute Gasteiger partial charge is 0.303 e. The fourth-order valence-electron chi connectivity index (χ4n) is 2.93. The standard InChI is InChI=1S/C19H33O4P/c1-2-3-4-5-6-7-8-9-10-14-17-19(23-24(20,21)22)18-15-12-11-13-16-18/h11-13,15-16,19H,2-10,14,17H2,1H3,(H2,20,21,22). The molecule has 0 saturated heterocycles. The van der Waals surface area contributed by atoms with Gasteiger partial charge in [0.2, 0.25) is 0 Å². The molecule has 0 heterocycles. The van der Waals surface area contributed by atoms with Crippen molar-refractivity contribution < 1.29 is 18.9 Å². The highest BCUT2D eigenvalue weighted by molar-refractivity contribution is 7.46. The van der Waals surface area contributed by atoms with E-state index in [0.29, 0.717) is 6.42 Å². The first kappa shape index (κ1) is 21.4. The molecule has 1 aromatic rings. The van der Waals surface area contributed by atoms with Gasteiger partial charge in [-0.05, 0) is 12.0 Å². The average molecular weight is 356 g/mol. The van der Waals surface area contributed by atoms with Crippen LogP contribution in [-0.4, -0.2) is 9.79 Å². The minimum atomic E-state index is -4.47. The molecule has 138 valence electrons. The Morgan fingerprint density at radius 1 is 0.875 bits per heavy atom. The second kappa shape index (κ2) is 12.7. The van der Waals surface area contributed by atoms with Gasteiger partial charge in [-0.3, -0.25) is 4.52 Å². The molecule has 2 N–H and O–H groups in total. The van der Waals surface area contributed by atoms with Crippen molar-refractivity contribution in [3.63, 3.8) is 0 Å². The Morgan fingerprint density at radius 3 is 1.88 bits per heavy atom. The van der Waals surface area contributed by atoms with E-state index in [4.69, 9.17) is 14.3 Å². The fraction of sp³-hybridized carbons (Fsp3) is 0.684. The molecular weight excluding hydrogens is 323 g/mol. The van der Waals surface area contributed by atoms with E-state index in [1.165, 1.54) is 51.4 Å². The highest BCUT2D eigenvalue weighted by Crippen LogP contribution is 2.44. The summed E-state index contributed by atoms with van der Waals surface area (Å²) in [5, 5.41) is 0. The quantitative estimate of drug-likeness (QED) is 0.310. The lowest BCUT2D eigenvalue weighted by molar-refractivity contribution is 0.125. The van der Waals surface area contributed by atoms with Crippen molar-refractivity contribution >= 4 is 7.82 Å². The van der Waals surface area contributed by atoms with Crippen molar-refractivity contribution in [3.05, 3.63) is 35.9 Å². The lowest BCUT2D eigenvalue weighted by Crippen LogP contribution is -2.03. The van der Waals surface area contributed by atoms with Crippen LogP contribution in [0.25, 0.3) is 0 Å². The molecule has 0 fully saturated rings. The minimum absolute atomic E-state index is 0.527. The zero-order chi connectivity index (χ0) is 17.7. The van der Waals surface area contributed by atoms with E-state index in [-0.39, 0.29) is 0 Å². The van der Waals surface area contributed by atoms with Crippen molar-refractivity contribution in [2.24, 2.45) is 0 Å². The van der Waals surface area contributed by atoms with Crippen LogP contribution in [0.5, 0.6) is 0 Å². The van der Waals surface area contributed by atoms with Gasteiger partial charge in [0.15, 0.2) is 0 Å². The molecule has 24 heavy (non-hydrogen) atoms. The topological polar surface area (TPSA) is 66.8 Å². The lowest BCUT2D eigenvalue weighted by Gasteiger charge is -2.18. The first-order valence-electron chi connectivity index (χ1n) is 9.32. The number of benzene rings is 1. The molecule has 1 rings (SSSR count). The Labute approximate surface area is 146 Å². The first-order valence-corrected chi connectivity index (χ1v) is 10.8. The Hall–Kier alpha value is -0.670. The zero-order valence-electron chi connectivity index (χ0n) is 14.9. The van der Waals surface area contributed by atoms with Crippen molar-refractivity contribution in [2.45, 2.75) is 83.7 Å². The third-order valence-corrected chi connectivity index (χ3v) is 4.78. The van der Waals surface area contributed by atoms with Crippen LogP contribution < -0.4 is 0 Å². The van der Waals surface area contributed by atoms with E-state index < -0.39 is 13.9 Å². The number of hydrogen-bond acceptors (Lipinski definition) is 2. The van der Waals surface area contributed by atoms with Gasteiger partial charge in [-0.2, -0.15) is 0 Å². The number of unbranched alkanes of at least 4 members (excludes halogenated alkanes) is 9. The van der Waals surface area contributed by atoms with Gasteiger partial charge in [0, 0.05) is 0 Å². The maximum Gasteiger partial charge on any atom is 0.470 e. The molecule has 0 radical (unpaired) electrons. The molecular formula is C19H33O4P. The number of rotatable bonds is 14. The maximum atomic E-state index is 11.2. The largest absolute Gasteiger partial charge is 0.470 e. The third kappa shape index (κ3) is 11.0. The Bertz CT molecular complexity index is 458. The van der Waals surface area contributed by atoms with E-state index in [9.17, 15) is 4.57 Å². The highest BCUT2D eigenvalue weighted by Gasteiger charge is 2.23. The number of hydrogen-bond donors (Lipinski definition) is 2. The molecule has 0 aliphatic carbocycles. The molecule has 0 spiro atoms. The fourth-order valence-corrected chi connectivity index (χ4v) is 3.49. The molecule has 1 atom stereocenters. The van der Waals surface area contributed by atoms with Gasteiger partial charge in [0.05, 0.1) is 6.10 Å². The van der Waals surface area contributed by atoms with Crippen LogP contribution in [0.3, 0.4) is 0 Å². The van der Waals surface area contributed by atoms with Crippen molar-refractivity contribution in [1.29, 1.82) is 0 Å².